The first-order valence-corrected chi connectivity index (χ1v) is 15.4. The van der Waals surface area contributed by atoms with Crippen molar-refractivity contribution in [3.8, 4) is 0 Å². The Morgan fingerprint density at radius 2 is 1.74 bits per heavy atom. The number of nitrogens with zero attached hydrogens (tertiary/aromatic N) is 3. The number of hydrogen-bond donors (Lipinski definition) is 3. The third-order valence-corrected chi connectivity index (χ3v) is 8.77. The van der Waals surface area contributed by atoms with E-state index in [0.29, 0.717) is 54.0 Å². The van der Waals surface area contributed by atoms with Crippen molar-refractivity contribution in [2.45, 2.75) is 37.5 Å². The van der Waals surface area contributed by atoms with Crippen LogP contribution in [0.15, 0.2) is 54.6 Å². The standard InChI is InChI=1S/C33H34F6N6O2/c34-18-26(24-16-20(35)2-5-27(24)36)19-1-6-28-25(15-19)32(43-42-28)41-33(46)23-4-3-22(17-29(23)40-21-7-13-47-14-8-21)44-9-11-45(12-10-44)31(39)30(37)38/h1-6,15-17,21,26,30-31,40H,7-14,18H2,(H2,41,42,43,46). The second-order valence-electron chi connectivity index (χ2n) is 11.7. The molecule has 2 aliphatic heterocycles. The Morgan fingerprint density at radius 3 is 2.47 bits per heavy atom. The number of piperazine rings is 1. The first-order valence-electron chi connectivity index (χ1n) is 15.4. The van der Waals surface area contributed by atoms with Crippen LogP contribution in [0.1, 0.15) is 40.2 Å². The predicted octanol–water partition coefficient (Wildman–Crippen LogP) is 6.47. The molecular formula is C33H34F6N6O2. The van der Waals surface area contributed by atoms with Crippen molar-refractivity contribution in [3.05, 3.63) is 82.9 Å². The van der Waals surface area contributed by atoms with Crippen molar-refractivity contribution in [3.63, 3.8) is 0 Å². The van der Waals surface area contributed by atoms with Gasteiger partial charge in [0.15, 0.2) is 5.82 Å². The largest absolute Gasteiger partial charge is 0.381 e. The van der Waals surface area contributed by atoms with Gasteiger partial charge >= 0.3 is 0 Å². The van der Waals surface area contributed by atoms with Crippen molar-refractivity contribution < 1.29 is 35.9 Å². The van der Waals surface area contributed by atoms with Crippen LogP contribution < -0.4 is 15.5 Å². The average Bonchev–Trinajstić information content (AvgIpc) is 3.48. The number of fused-ring (bicyclic) bond motifs is 1. The Labute approximate surface area is 267 Å². The zero-order chi connectivity index (χ0) is 33.1. The fraction of sp³-hybridized carbons (Fsp3) is 0.394. The highest BCUT2D eigenvalue weighted by Crippen LogP contribution is 2.33. The van der Waals surface area contributed by atoms with E-state index in [1.54, 1.807) is 30.3 Å². The minimum absolute atomic E-state index is 0.0374. The predicted molar refractivity (Wildman–Crippen MR) is 167 cm³/mol. The zero-order valence-electron chi connectivity index (χ0n) is 25.3. The molecule has 0 spiro atoms. The summed E-state index contributed by atoms with van der Waals surface area (Å²) in [6.45, 7) is 1.06. The van der Waals surface area contributed by atoms with Crippen molar-refractivity contribution >= 4 is 34.0 Å². The van der Waals surface area contributed by atoms with Crippen LogP contribution in [0, 0.1) is 11.6 Å². The second-order valence-corrected chi connectivity index (χ2v) is 11.7. The van der Waals surface area contributed by atoms with Crippen LogP contribution in [-0.2, 0) is 4.74 Å². The van der Waals surface area contributed by atoms with Gasteiger partial charge in [-0.25, -0.2) is 22.0 Å². The minimum atomic E-state index is -3.07. The number of nitrogens with one attached hydrogen (secondary N) is 3. The van der Waals surface area contributed by atoms with Crippen LogP contribution in [0.25, 0.3) is 10.9 Å². The molecule has 6 rings (SSSR count). The van der Waals surface area contributed by atoms with Crippen LogP contribution in [0.3, 0.4) is 0 Å². The first kappa shape index (κ1) is 32.6. The number of rotatable bonds is 10. The molecule has 0 saturated carbocycles. The van der Waals surface area contributed by atoms with Gasteiger partial charge in [-0.1, -0.05) is 6.07 Å². The quantitative estimate of drug-likeness (QED) is 0.134. The maximum atomic E-state index is 14.5. The van der Waals surface area contributed by atoms with Gasteiger partial charge < -0.3 is 20.3 Å². The molecular weight excluding hydrogens is 626 g/mol. The molecule has 3 aromatic carbocycles. The summed E-state index contributed by atoms with van der Waals surface area (Å²) < 4.78 is 87.8. The fourth-order valence-electron chi connectivity index (χ4n) is 6.15. The number of carbonyl (C=O) groups is 1. The van der Waals surface area contributed by atoms with Gasteiger partial charge in [-0.05, 0) is 66.9 Å². The number of carbonyl (C=O) groups excluding carboxylic acids is 1. The maximum Gasteiger partial charge on any atom is 0.282 e. The molecule has 0 aliphatic carbocycles. The summed E-state index contributed by atoms with van der Waals surface area (Å²) in [6.07, 6.45) is -3.93. The fourth-order valence-corrected chi connectivity index (χ4v) is 6.15. The van der Waals surface area contributed by atoms with E-state index in [0.717, 1.165) is 41.6 Å². The molecule has 2 unspecified atom stereocenters. The number of benzene rings is 3. The zero-order valence-corrected chi connectivity index (χ0v) is 25.3. The summed E-state index contributed by atoms with van der Waals surface area (Å²) in [5.74, 6) is -2.81. The summed E-state index contributed by atoms with van der Waals surface area (Å²) in [5, 5.41) is 13.8. The Hall–Kier alpha value is -4.30. The van der Waals surface area contributed by atoms with Crippen LogP contribution in [0.2, 0.25) is 0 Å². The Kier molecular flexibility index (Phi) is 9.87. The second kappa shape index (κ2) is 14.2. The van der Waals surface area contributed by atoms with Gasteiger partial charge in [0.05, 0.1) is 11.1 Å². The molecule has 2 saturated heterocycles. The number of hydrogen-bond acceptors (Lipinski definition) is 6. The molecule has 14 heteroatoms. The maximum absolute atomic E-state index is 14.5. The Bertz CT molecular complexity index is 1710. The number of H-pyrrole nitrogens is 1. The molecule has 8 nitrogen and oxygen atoms in total. The summed E-state index contributed by atoms with van der Waals surface area (Å²) in [5.41, 5.74) is 2.41. The molecule has 1 amide bonds. The van der Waals surface area contributed by atoms with E-state index in [-0.39, 0.29) is 30.5 Å². The summed E-state index contributed by atoms with van der Waals surface area (Å²) in [4.78, 5) is 16.8. The van der Waals surface area contributed by atoms with Gasteiger partial charge in [-0.2, -0.15) is 5.10 Å². The summed E-state index contributed by atoms with van der Waals surface area (Å²) >= 11 is 0. The van der Waals surface area contributed by atoms with Gasteiger partial charge in [0.1, 0.15) is 18.3 Å². The van der Waals surface area contributed by atoms with E-state index in [9.17, 15) is 31.1 Å². The highest BCUT2D eigenvalue weighted by molar-refractivity contribution is 6.11. The van der Waals surface area contributed by atoms with Crippen LogP contribution in [0.4, 0.5) is 43.5 Å². The SMILES string of the molecule is O=C(Nc1n[nH]c2ccc(C(CF)c3cc(F)ccc3F)cc12)c1ccc(N2CCN(C(F)C(F)F)CC2)cc1NC1CCOCC1. The molecule has 0 radical (unpaired) electrons. The normalized spacial score (nSPS) is 17.6. The number of anilines is 3. The summed E-state index contributed by atoms with van der Waals surface area (Å²) in [7, 11) is 0. The molecule has 3 heterocycles. The summed E-state index contributed by atoms with van der Waals surface area (Å²) in [6, 6.07) is 13.0. The monoisotopic (exact) mass is 660 g/mol. The smallest absolute Gasteiger partial charge is 0.282 e. The lowest BCUT2D eigenvalue weighted by Gasteiger charge is -2.37. The molecule has 3 N–H and O–H groups in total. The topological polar surface area (TPSA) is 85.5 Å². The van der Waals surface area contributed by atoms with E-state index < -0.39 is 42.9 Å². The molecule has 250 valence electrons. The molecule has 0 bridgehead atoms. The third kappa shape index (κ3) is 7.18. The van der Waals surface area contributed by atoms with Gasteiger partial charge in [0.2, 0.25) is 6.30 Å². The van der Waals surface area contributed by atoms with E-state index in [1.807, 2.05) is 11.0 Å². The molecule has 2 fully saturated rings. The number of aromatic amines is 1. The van der Waals surface area contributed by atoms with Crippen molar-refractivity contribution in [1.82, 2.24) is 15.1 Å². The number of amides is 1. The molecule has 1 aromatic heterocycles. The van der Waals surface area contributed by atoms with E-state index in [1.165, 1.54) is 0 Å². The van der Waals surface area contributed by atoms with Crippen LogP contribution >= 0.6 is 0 Å². The van der Waals surface area contributed by atoms with Gasteiger partial charge in [-0.15, -0.1) is 0 Å². The lowest BCUT2D eigenvalue weighted by Crippen LogP contribution is -2.51. The van der Waals surface area contributed by atoms with Crippen molar-refractivity contribution in [1.29, 1.82) is 0 Å². The van der Waals surface area contributed by atoms with E-state index in [4.69, 9.17) is 4.74 Å². The highest BCUT2D eigenvalue weighted by atomic mass is 19.3. The van der Waals surface area contributed by atoms with Gasteiger partial charge in [0.25, 0.3) is 12.3 Å². The van der Waals surface area contributed by atoms with Gasteiger partial charge in [-0.3, -0.25) is 19.2 Å². The Morgan fingerprint density at radius 1 is 0.979 bits per heavy atom. The first-order chi connectivity index (χ1) is 22.7. The lowest BCUT2D eigenvalue weighted by atomic mass is 9.91. The minimum Gasteiger partial charge on any atom is -0.381 e. The number of alkyl halides is 4. The van der Waals surface area contributed by atoms with Crippen LogP contribution in [0.5, 0.6) is 0 Å². The molecule has 4 aromatic rings. The third-order valence-electron chi connectivity index (χ3n) is 8.77. The lowest BCUT2D eigenvalue weighted by molar-refractivity contribution is -0.0505. The number of ether oxygens (including phenoxy) is 1. The van der Waals surface area contributed by atoms with Gasteiger partial charge in [0, 0.05) is 73.7 Å². The average molecular weight is 661 g/mol. The van der Waals surface area contributed by atoms with E-state index in [2.05, 4.69) is 20.8 Å². The van der Waals surface area contributed by atoms with Crippen molar-refractivity contribution in [2.24, 2.45) is 0 Å². The number of halogens is 6. The Balaban J connectivity index is 1.26. The molecule has 47 heavy (non-hydrogen) atoms. The molecule has 2 aliphatic rings. The van der Waals surface area contributed by atoms with Crippen LogP contribution in [-0.4, -0.2) is 85.8 Å². The highest BCUT2D eigenvalue weighted by Gasteiger charge is 2.30. The van der Waals surface area contributed by atoms with Crippen molar-refractivity contribution in [2.75, 3.05) is 61.6 Å². The molecule has 2 atom stereocenters. The van der Waals surface area contributed by atoms with E-state index >= 15 is 0 Å². The number of aromatic nitrogens is 2.